The molecule has 106 valence electrons. The molecule has 0 amide bonds. The van der Waals surface area contributed by atoms with Crippen LogP contribution >= 0.6 is 0 Å². The molecule has 2 N–H and O–H groups in total. The van der Waals surface area contributed by atoms with Gasteiger partial charge in [-0.25, -0.2) is 0 Å². The zero-order chi connectivity index (χ0) is 14.1. The lowest BCUT2D eigenvalue weighted by Crippen LogP contribution is -2.55. The lowest BCUT2D eigenvalue weighted by molar-refractivity contribution is 0.0793. The fourth-order valence-electron chi connectivity index (χ4n) is 3.97. The third-order valence-corrected chi connectivity index (χ3v) is 4.74. The van der Waals surface area contributed by atoms with Crippen molar-refractivity contribution < 1.29 is 0 Å². The molecule has 2 rings (SSSR count). The second-order valence-corrected chi connectivity index (χ2v) is 7.56. The van der Waals surface area contributed by atoms with Crippen LogP contribution in [-0.2, 0) is 6.42 Å². The number of hydrogen-bond donors (Lipinski definition) is 1. The number of rotatable bonds is 2. The van der Waals surface area contributed by atoms with Crippen LogP contribution in [0.2, 0.25) is 0 Å². The van der Waals surface area contributed by atoms with Crippen molar-refractivity contribution >= 4 is 0 Å². The first kappa shape index (κ1) is 14.6. The van der Waals surface area contributed by atoms with Gasteiger partial charge in [0.1, 0.15) is 0 Å². The highest BCUT2D eigenvalue weighted by Crippen LogP contribution is 2.44. The molecule has 0 radical (unpaired) electrons. The van der Waals surface area contributed by atoms with E-state index in [4.69, 9.17) is 5.73 Å². The molecule has 1 saturated carbocycles. The third-order valence-electron chi connectivity index (χ3n) is 4.74. The van der Waals surface area contributed by atoms with Crippen LogP contribution in [0.3, 0.4) is 0 Å². The first-order valence-corrected chi connectivity index (χ1v) is 7.66. The number of benzene rings is 1. The van der Waals surface area contributed by atoms with E-state index in [1.165, 1.54) is 36.8 Å². The topological polar surface area (TPSA) is 26.0 Å². The molecule has 2 unspecified atom stereocenters. The number of nitrogens with two attached hydrogens (primary N) is 1. The fraction of sp³-hybridized carbons (Fsp3) is 0.667. The highest BCUT2D eigenvalue weighted by atomic mass is 14.8. The van der Waals surface area contributed by atoms with Crippen LogP contribution in [0.1, 0.15) is 57.6 Å². The van der Waals surface area contributed by atoms with Crippen LogP contribution in [0.25, 0.3) is 0 Å². The van der Waals surface area contributed by atoms with Gasteiger partial charge in [0, 0.05) is 5.54 Å². The maximum atomic E-state index is 6.87. The largest absolute Gasteiger partial charge is 0.325 e. The predicted octanol–water partition coefficient (Wildman–Crippen LogP) is 4.47. The second-order valence-electron chi connectivity index (χ2n) is 7.56. The van der Waals surface area contributed by atoms with E-state index >= 15 is 0 Å². The molecule has 0 bridgehead atoms. The van der Waals surface area contributed by atoms with Crippen LogP contribution < -0.4 is 5.73 Å². The third kappa shape index (κ3) is 3.39. The first-order chi connectivity index (χ1) is 8.81. The number of aryl methyl sites for hydroxylation is 1. The summed E-state index contributed by atoms with van der Waals surface area (Å²) in [6.45, 7) is 9.21. The fourth-order valence-corrected chi connectivity index (χ4v) is 3.97. The molecule has 1 fully saturated rings. The highest BCUT2D eigenvalue weighted by molar-refractivity contribution is 5.25. The van der Waals surface area contributed by atoms with E-state index in [9.17, 15) is 0 Å². The standard InChI is InChI=1S/C18H29N/c1-14-8-7-9-15(12-14)13-18(19)11-6-5-10-16(18)17(2,3)4/h7-9,12,16H,5-6,10-11,13,19H2,1-4H3. The van der Waals surface area contributed by atoms with Gasteiger partial charge in [-0.1, -0.05) is 63.4 Å². The Morgan fingerprint density at radius 2 is 2.00 bits per heavy atom. The summed E-state index contributed by atoms with van der Waals surface area (Å²) in [5, 5.41) is 0. The van der Waals surface area contributed by atoms with Gasteiger partial charge >= 0.3 is 0 Å². The maximum Gasteiger partial charge on any atom is 0.0228 e. The van der Waals surface area contributed by atoms with Gasteiger partial charge in [-0.3, -0.25) is 0 Å². The lowest BCUT2D eigenvalue weighted by atomic mass is 9.61. The van der Waals surface area contributed by atoms with Crippen molar-refractivity contribution in [1.82, 2.24) is 0 Å². The van der Waals surface area contributed by atoms with E-state index < -0.39 is 0 Å². The van der Waals surface area contributed by atoms with Crippen molar-refractivity contribution in [3.8, 4) is 0 Å². The Labute approximate surface area is 118 Å². The maximum absolute atomic E-state index is 6.87. The molecular formula is C18H29N. The van der Waals surface area contributed by atoms with Crippen molar-refractivity contribution in [2.45, 2.75) is 65.3 Å². The Morgan fingerprint density at radius 1 is 1.26 bits per heavy atom. The summed E-state index contributed by atoms with van der Waals surface area (Å²) in [4.78, 5) is 0. The highest BCUT2D eigenvalue weighted by Gasteiger charge is 2.43. The van der Waals surface area contributed by atoms with Crippen molar-refractivity contribution in [3.63, 3.8) is 0 Å². The van der Waals surface area contributed by atoms with E-state index in [1.54, 1.807) is 0 Å². The quantitative estimate of drug-likeness (QED) is 0.833. The van der Waals surface area contributed by atoms with Crippen molar-refractivity contribution in [2.75, 3.05) is 0 Å². The van der Waals surface area contributed by atoms with E-state index in [0.29, 0.717) is 11.3 Å². The van der Waals surface area contributed by atoms with Crippen LogP contribution in [0.4, 0.5) is 0 Å². The van der Waals surface area contributed by atoms with Crippen molar-refractivity contribution in [2.24, 2.45) is 17.1 Å². The van der Waals surface area contributed by atoms with E-state index in [-0.39, 0.29) is 5.54 Å². The minimum Gasteiger partial charge on any atom is -0.325 e. The molecule has 0 aliphatic heterocycles. The molecule has 0 saturated heterocycles. The smallest absolute Gasteiger partial charge is 0.0228 e. The van der Waals surface area contributed by atoms with E-state index in [2.05, 4.69) is 52.0 Å². The Hall–Kier alpha value is -0.820. The molecule has 1 nitrogen and oxygen atoms in total. The van der Waals surface area contributed by atoms with E-state index in [1.807, 2.05) is 0 Å². The zero-order valence-electron chi connectivity index (χ0n) is 13.0. The second kappa shape index (κ2) is 5.28. The summed E-state index contributed by atoms with van der Waals surface area (Å²) >= 11 is 0. The van der Waals surface area contributed by atoms with Crippen LogP contribution in [0, 0.1) is 18.3 Å². The summed E-state index contributed by atoms with van der Waals surface area (Å²) in [6, 6.07) is 8.84. The molecule has 1 aliphatic rings. The van der Waals surface area contributed by atoms with Gasteiger partial charge in [-0.05, 0) is 43.1 Å². The van der Waals surface area contributed by atoms with Gasteiger partial charge in [-0.2, -0.15) is 0 Å². The molecule has 1 heteroatoms. The van der Waals surface area contributed by atoms with Crippen molar-refractivity contribution in [3.05, 3.63) is 35.4 Å². The summed E-state index contributed by atoms with van der Waals surface area (Å²) in [5.41, 5.74) is 9.89. The van der Waals surface area contributed by atoms with Crippen LogP contribution in [0.15, 0.2) is 24.3 Å². The summed E-state index contributed by atoms with van der Waals surface area (Å²) in [5.74, 6) is 0.620. The molecule has 1 aromatic rings. The molecule has 2 atom stereocenters. The van der Waals surface area contributed by atoms with E-state index in [0.717, 1.165) is 6.42 Å². The van der Waals surface area contributed by atoms with Gasteiger partial charge < -0.3 is 5.73 Å². The average Bonchev–Trinajstić information content (AvgIpc) is 2.27. The summed E-state index contributed by atoms with van der Waals surface area (Å²) < 4.78 is 0. The molecule has 0 spiro atoms. The minimum atomic E-state index is -0.0235. The van der Waals surface area contributed by atoms with Crippen molar-refractivity contribution in [1.29, 1.82) is 0 Å². The Bertz CT molecular complexity index is 430. The SMILES string of the molecule is Cc1cccc(CC2(N)CCCCC2C(C)(C)C)c1. The van der Waals surface area contributed by atoms with Gasteiger partial charge in [0.25, 0.3) is 0 Å². The van der Waals surface area contributed by atoms with Gasteiger partial charge in [0.15, 0.2) is 0 Å². The molecule has 0 heterocycles. The molecule has 1 aliphatic carbocycles. The van der Waals surface area contributed by atoms with Crippen LogP contribution in [0.5, 0.6) is 0 Å². The predicted molar refractivity (Wildman–Crippen MR) is 83.2 cm³/mol. The Kier molecular flexibility index (Phi) is 4.06. The molecule has 0 aromatic heterocycles. The number of hydrogen-bond acceptors (Lipinski definition) is 1. The minimum absolute atomic E-state index is 0.0235. The lowest BCUT2D eigenvalue weighted by Gasteiger charge is -2.48. The van der Waals surface area contributed by atoms with Gasteiger partial charge in [0.05, 0.1) is 0 Å². The Morgan fingerprint density at radius 3 is 2.63 bits per heavy atom. The monoisotopic (exact) mass is 259 g/mol. The van der Waals surface area contributed by atoms with Gasteiger partial charge in [-0.15, -0.1) is 0 Å². The summed E-state index contributed by atoms with van der Waals surface area (Å²) in [7, 11) is 0. The van der Waals surface area contributed by atoms with Gasteiger partial charge in [0.2, 0.25) is 0 Å². The van der Waals surface area contributed by atoms with Crippen LogP contribution in [-0.4, -0.2) is 5.54 Å². The summed E-state index contributed by atoms with van der Waals surface area (Å²) in [6.07, 6.45) is 6.11. The molecule has 1 aromatic carbocycles. The molecule has 19 heavy (non-hydrogen) atoms. The Balaban J connectivity index is 2.23. The first-order valence-electron chi connectivity index (χ1n) is 7.66. The molecular weight excluding hydrogens is 230 g/mol. The zero-order valence-corrected chi connectivity index (χ0v) is 13.0. The average molecular weight is 259 g/mol. The normalized spacial score (nSPS) is 28.4.